The van der Waals surface area contributed by atoms with E-state index in [1.54, 1.807) is 0 Å². The first-order chi connectivity index (χ1) is 8.26. The molecule has 1 N–H and O–H groups in total. The molecule has 6 heteroatoms. The summed E-state index contributed by atoms with van der Waals surface area (Å²) in [5.74, 6) is 0. The highest BCUT2D eigenvalue weighted by Gasteiger charge is 2.20. The minimum atomic E-state index is 0.104. The fourth-order valence-corrected chi connectivity index (χ4v) is 2.47. The standard InChI is InChI=1S/C11H17N5S/c1-4-12-10(11-8(3)14-15-17-11)9-6-16(5-2)7-13-9/h6-7,10,12H,4-5H2,1-3H3. The first-order valence-electron chi connectivity index (χ1n) is 5.80. The molecule has 0 radical (unpaired) electrons. The van der Waals surface area contributed by atoms with Crippen molar-refractivity contribution in [3.05, 3.63) is 28.8 Å². The van der Waals surface area contributed by atoms with E-state index in [2.05, 4.69) is 44.5 Å². The summed E-state index contributed by atoms with van der Waals surface area (Å²) >= 11 is 1.44. The van der Waals surface area contributed by atoms with Crippen LogP contribution in [-0.4, -0.2) is 25.7 Å². The van der Waals surface area contributed by atoms with Crippen molar-refractivity contribution < 1.29 is 0 Å². The zero-order valence-corrected chi connectivity index (χ0v) is 11.2. The van der Waals surface area contributed by atoms with E-state index in [0.717, 1.165) is 29.4 Å². The van der Waals surface area contributed by atoms with Gasteiger partial charge in [-0.05, 0) is 31.9 Å². The number of rotatable bonds is 5. The minimum Gasteiger partial charge on any atom is -0.337 e. The molecule has 0 bridgehead atoms. The predicted octanol–water partition coefficient (Wildman–Crippen LogP) is 1.76. The number of imidazole rings is 1. The molecule has 5 nitrogen and oxygen atoms in total. The lowest BCUT2D eigenvalue weighted by molar-refractivity contribution is 0.621. The summed E-state index contributed by atoms with van der Waals surface area (Å²) in [6.45, 7) is 8.01. The van der Waals surface area contributed by atoms with Gasteiger partial charge in [0.05, 0.1) is 28.6 Å². The summed E-state index contributed by atoms with van der Waals surface area (Å²) in [4.78, 5) is 5.60. The summed E-state index contributed by atoms with van der Waals surface area (Å²) in [5, 5.41) is 7.50. The highest BCUT2D eigenvalue weighted by molar-refractivity contribution is 7.05. The van der Waals surface area contributed by atoms with Crippen molar-refractivity contribution in [3.8, 4) is 0 Å². The van der Waals surface area contributed by atoms with Crippen molar-refractivity contribution in [2.24, 2.45) is 0 Å². The molecule has 0 saturated carbocycles. The van der Waals surface area contributed by atoms with Gasteiger partial charge in [-0.2, -0.15) is 0 Å². The average molecular weight is 251 g/mol. The van der Waals surface area contributed by atoms with Gasteiger partial charge in [-0.3, -0.25) is 0 Å². The van der Waals surface area contributed by atoms with Crippen LogP contribution in [0, 0.1) is 6.92 Å². The molecule has 17 heavy (non-hydrogen) atoms. The Balaban J connectivity index is 2.32. The number of hydrogen-bond acceptors (Lipinski definition) is 5. The zero-order valence-electron chi connectivity index (χ0n) is 10.3. The molecule has 0 amide bonds. The lowest BCUT2D eigenvalue weighted by Crippen LogP contribution is -2.22. The third kappa shape index (κ3) is 2.53. The van der Waals surface area contributed by atoms with Crippen molar-refractivity contribution in [2.45, 2.75) is 33.4 Å². The van der Waals surface area contributed by atoms with Crippen LogP contribution < -0.4 is 5.32 Å². The largest absolute Gasteiger partial charge is 0.337 e. The van der Waals surface area contributed by atoms with Gasteiger partial charge in [-0.15, -0.1) is 5.10 Å². The molecule has 0 aromatic carbocycles. The van der Waals surface area contributed by atoms with Gasteiger partial charge in [0.2, 0.25) is 0 Å². The maximum atomic E-state index is 4.45. The van der Waals surface area contributed by atoms with Gasteiger partial charge in [0.15, 0.2) is 0 Å². The molecule has 0 fully saturated rings. The third-order valence-corrected chi connectivity index (χ3v) is 3.56. The fraction of sp³-hybridized carbons (Fsp3) is 0.545. The number of nitrogens with zero attached hydrogens (tertiary/aromatic N) is 4. The summed E-state index contributed by atoms with van der Waals surface area (Å²) < 4.78 is 6.07. The minimum absolute atomic E-state index is 0.104. The molecule has 1 unspecified atom stereocenters. The monoisotopic (exact) mass is 251 g/mol. The van der Waals surface area contributed by atoms with E-state index in [9.17, 15) is 0 Å². The molecule has 0 aliphatic rings. The SMILES string of the molecule is CCNC(c1cn(CC)cn1)c1snnc1C. The van der Waals surface area contributed by atoms with Crippen molar-refractivity contribution in [1.82, 2.24) is 24.5 Å². The Bertz CT molecular complexity index is 476. The Morgan fingerprint density at radius 3 is 2.82 bits per heavy atom. The Morgan fingerprint density at radius 2 is 2.29 bits per heavy atom. The van der Waals surface area contributed by atoms with Gasteiger partial charge in [0.1, 0.15) is 0 Å². The van der Waals surface area contributed by atoms with Gasteiger partial charge in [-0.1, -0.05) is 11.4 Å². The van der Waals surface area contributed by atoms with E-state index in [-0.39, 0.29) is 6.04 Å². The van der Waals surface area contributed by atoms with E-state index in [0.29, 0.717) is 0 Å². The van der Waals surface area contributed by atoms with Crippen molar-refractivity contribution in [1.29, 1.82) is 0 Å². The Hall–Kier alpha value is -1.27. The molecule has 0 aliphatic heterocycles. The van der Waals surface area contributed by atoms with Gasteiger partial charge in [0, 0.05) is 12.7 Å². The molecule has 0 saturated heterocycles. The molecular weight excluding hydrogens is 234 g/mol. The van der Waals surface area contributed by atoms with E-state index < -0.39 is 0 Å². The summed E-state index contributed by atoms with van der Waals surface area (Å²) in [6, 6.07) is 0.104. The van der Waals surface area contributed by atoms with Crippen LogP contribution >= 0.6 is 11.5 Å². The van der Waals surface area contributed by atoms with Crippen LogP contribution in [0.5, 0.6) is 0 Å². The summed E-state index contributed by atoms with van der Waals surface area (Å²) in [6.07, 6.45) is 3.94. The van der Waals surface area contributed by atoms with Crippen LogP contribution in [0.15, 0.2) is 12.5 Å². The highest BCUT2D eigenvalue weighted by Crippen LogP contribution is 2.25. The third-order valence-electron chi connectivity index (χ3n) is 2.67. The molecule has 2 rings (SSSR count). The lowest BCUT2D eigenvalue weighted by Gasteiger charge is -2.13. The number of aryl methyl sites for hydroxylation is 2. The first-order valence-corrected chi connectivity index (χ1v) is 6.57. The molecule has 2 aromatic rings. The van der Waals surface area contributed by atoms with Crippen LogP contribution in [-0.2, 0) is 6.54 Å². The maximum Gasteiger partial charge on any atom is 0.0950 e. The molecule has 2 heterocycles. The van der Waals surface area contributed by atoms with Gasteiger partial charge >= 0.3 is 0 Å². The van der Waals surface area contributed by atoms with Crippen molar-refractivity contribution in [3.63, 3.8) is 0 Å². The lowest BCUT2D eigenvalue weighted by atomic mass is 10.1. The molecular formula is C11H17N5S. The quantitative estimate of drug-likeness (QED) is 0.880. The van der Waals surface area contributed by atoms with E-state index in [1.807, 2.05) is 13.3 Å². The fourth-order valence-electron chi connectivity index (χ4n) is 1.74. The van der Waals surface area contributed by atoms with Crippen LogP contribution in [0.2, 0.25) is 0 Å². The Labute approximate surface area is 105 Å². The Morgan fingerprint density at radius 1 is 1.47 bits per heavy atom. The topological polar surface area (TPSA) is 55.6 Å². The smallest absolute Gasteiger partial charge is 0.0950 e. The second-order valence-corrected chi connectivity index (χ2v) is 4.63. The first kappa shape index (κ1) is 12.2. The van der Waals surface area contributed by atoms with Crippen LogP contribution in [0.4, 0.5) is 0 Å². The van der Waals surface area contributed by atoms with Gasteiger partial charge < -0.3 is 9.88 Å². The molecule has 2 aromatic heterocycles. The number of hydrogen-bond donors (Lipinski definition) is 1. The van der Waals surface area contributed by atoms with Crippen molar-refractivity contribution >= 4 is 11.5 Å². The average Bonchev–Trinajstić information content (AvgIpc) is 2.95. The second kappa shape index (κ2) is 5.37. The zero-order chi connectivity index (χ0) is 12.3. The van der Waals surface area contributed by atoms with E-state index in [4.69, 9.17) is 0 Å². The number of nitrogens with one attached hydrogen (secondary N) is 1. The molecule has 0 spiro atoms. The molecule has 1 atom stereocenters. The maximum absolute atomic E-state index is 4.45. The predicted molar refractivity (Wildman–Crippen MR) is 68.1 cm³/mol. The number of aromatic nitrogens is 4. The molecule has 92 valence electrons. The van der Waals surface area contributed by atoms with E-state index in [1.165, 1.54) is 11.5 Å². The van der Waals surface area contributed by atoms with Gasteiger partial charge in [0.25, 0.3) is 0 Å². The molecule has 0 aliphatic carbocycles. The van der Waals surface area contributed by atoms with Crippen LogP contribution in [0.25, 0.3) is 0 Å². The van der Waals surface area contributed by atoms with Crippen molar-refractivity contribution in [2.75, 3.05) is 6.54 Å². The summed E-state index contributed by atoms with van der Waals surface area (Å²) in [7, 11) is 0. The van der Waals surface area contributed by atoms with Crippen LogP contribution in [0.3, 0.4) is 0 Å². The normalized spacial score (nSPS) is 12.9. The summed E-state index contributed by atoms with van der Waals surface area (Å²) in [5.41, 5.74) is 2.01. The van der Waals surface area contributed by atoms with Crippen LogP contribution in [0.1, 0.15) is 36.2 Å². The van der Waals surface area contributed by atoms with Gasteiger partial charge in [-0.25, -0.2) is 4.98 Å². The second-order valence-electron chi connectivity index (χ2n) is 3.84. The Kier molecular flexibility index (Phi) is 3.86. The highest BCUT2D eigenvalue weighted by atomic mass is 32.1. The van der Waals surface area contributed by atoms with E-state index >= 15 is 0 Å².